The zero-order chi connectivity index (χ0) is 22.3. The fraction of sp³-hybridized carbons (Fsp3) is 0.480. The van der Waals surface area contributed by atoms with E-state index in [4.69, 9.17) is 0 Å². The Bertz CT molecular complexity index is 1090. The highest BCUT2D eigenvalue weighted by atomic mass is 16.3. The molecule has 31 heavy (non-hydrogen) atoms. The summed E-state index contributed by atoms with van der Waals surface area (Å²) in [5.41, 5.74) is 2.59. The zero-order valence-corrected chi connectivity index (χ0v) is 18.6. The van der Waals surface area contributed by atoms with E-state index in [9.17, 15) is 14.7 Å². The van der Waals surface area contributed by atoms with Gasteiger partial charge in [0, 0.05) is 31.0 Å². The van der Waals surface area contributed by atoms with E-state index >= 15 is 0 Å². The minimum absolute atomic E-state index is 0.00146. The maximum atomic E-state index is 13.1. The number of aromatic nitrogens is 2. The maximum absolute atomic E-state index is 13.1. The molecule has 1 amide bonds. The molecule has 2 aliphatic rings. The van der Waals surface area contributed by atoms with Crippen molar-refractivity contribution in [1.82, 2.24) is 14.5 Å². The van der Waals surface area contributed by atoms with Crippen LogP contribution in [0.3, 0.4) is 0 Å². The van der Waals surface area contributed by atoms with Gasteiger partial charge in [0.15, 0.2) is 5.69 Å². The Morgan fingerprint density at radius 2 is 1.94 bits per heavy atom. The van der Waals surface area contributed by atoms with E-state index in [-0.39, 0.29) is 23.1 Å². The smallest absolute Gasteiger partial charge is 0.315 e. The van der Waals surface area contributed by atoms with Crippen LogP contribution in [0.1, 0.15) is 73.9 Å². The molecule has 164 valence electrons. The van der Waals surface area contributed by atoms with Crippen molar-refractivity contribution >= 4 is 11.5 Å². The van der Waals surface area contributed by atoms with Crippen LogP contribution in [-0.4, -0.2) is 38.1 Å². The van der Waals surface area contributed by atoms with Gasteiger partial charge >= 0.3 is 5.56 Å². The van der Waals surface area contributed by atoms with Gasteiger partial charge in [0.2, 0.25) is 5.75 Å². The number of nitrogens with zero attached hydrogens (tertiary/aromatic N) is 3. The van der Waals surface area contributed by atoms with Crippen molar-refractivity contribution in [2.24, 2.45) is 0 Å². The molecule has 0 saturated heterocycles. The van der Waals surface area contributed by atoms with Gasteiger partial charge in [0.05, 0.1) is 0 Å². The predicted molar refractivity (Wildman–Crippen MR) is 121 cm³/mol. The molecule has 1 saturated carbocycles. The summed E-state index contributed by atoms with van der Waals surface area (Å²) in [5.74, 6) is -0.245. The standard InChI is InChI=1S/C25H31N3O3/c1-16(2)18-8-7-9-19(14-18)25(10-5-6-11-25)15-20-26-23(30)22(29)21-24(31)27(17(3)4)12-13-28(20)21/h7-9,14,17,29H,1,5-6,10-13,15H2,2-4H3. The van der Waals surface area contributed by atoms with Crippen molar-refractivity contribution in [3.63, 3.8) is 0 Å². The van der Waals surface area contributed by atoms with Crippen LogP contribution in [0.5, 0.6) is 5.75 Å². The van der Waals surface area contributed by atoms with Crippen LogP contribution in [0.15, 0.2) is 35.6 Å². The molecular formula is C25H31N3O3. The molecule has 6 heteroatoms. The highest BCUT2D eigenvalue weighted by molar-refractivity contribution is 5.95. The lowest BCUT2D eigenvalue weighted by Gasteiger charge is -2.36. The van der Waals surface area contributed by atoms with E-state index in [2.05, 4.69) is 35.8 Å². The van der Waals surface area contributed by atoms with Gasteiger partial charge in [0.25, 0.3) is 5.91 Å². The van der Waals surface area contributed by atoms with E-state index in [0.717, 1.165) is 36.8 Å². The third-order valence-corrected chi connectivity index (χ3v) is 6.92. The number of hydrogen-bond acceptors (Lipinski definition) is 4. The van der Waals surface area contributed by atoms with Gasteiger partial charge < -0.3 is 14.6 Å². The predicted octanol–water partition coefficient (Wildman–Crippen LogP) is 3.90. The molecule has 2 aromatic rings. The summed E-state index contributed by atoms with van der Waals surface area (Å²) in [6.07, 6.45) is 4.82. The highest BCUT2D eigenvalue weighted by Crippen LogP contribution is 2.44. The van der Waals surface area contributed by atoms with E-state index < -0.39 is 11.3 Å². The van der Waals surface area contributed by atoms with E-state index in [0.29, 0.717) is 25.3 Å². The van der Waals surface area contributed by atoms with Gasteiger partial charge in [-0.15, -0.1) is 0 Å². The van der Waals surface area contributed by atoms with Crippen molar-refractivity contribution < 1.29 is 9.90 Å². The molecule has 1 N–H and O–H groups in total. The van der Waals surface area contributed by atoms with Crippen LogP contribution in [-0.2, 0) is 18.4 Å². The van der Waals surface area contributed by atoms with Crippen LogP contribution in [0.25, 0.3) is 5.57 Å². The quantitative estimate of drug-likeness (QED) is 0.794. The first-order valence-electron chi connectivity index (χ1n) is 11.1. The minimum atomic E-state index is -0.718. The Kier molecular flexibility index (Phi) is 5.50. The fourth-order valence-electron chi connectivity index (χ4n) is 5.16. The van der Waals surface area contributed by atoms with Gasteiger partial charge in [-0.3, -0.25) is 9.59 Å². The Morgan fingerprint density at radius 1 is 1.23 bits per heavy atom. The highest BCUT2D eigenvalue weighted by Gasteiger charge is 2.39. The Hall–Kier alpha value is -2.89. The summed E-state index contributed by atoms with van der Waals surface area (Å²) in [4.78, 5) is 31.5. The number of allylic oxidation sites excluding steroid dienone is 1. The van der Waals surface area contributed by atoms with Crippen LogP contribution < -0.4 is 5.56 Å². The summed E-state index contributed by atoms with van der Waals surface area (Å²) >= 11 is 0. The lowest BCUT2D eigenvalue weighted by atomic mass is 9.75. The largest absolute Gasteiger partial charge is 0.501 e. The fourth-order valence-corrected chi connectivity index (χ4v) is 5.16. The maximum Gasteiger partial charge on any atom is 0.315 e. The second kappa shape index (κ2) is 7.98. The van der Waals surface area contributed by atoms with Crippen LogP contribution in [0.4, 0.5) is 0 Å². The molecule has 1 aromatic carbocycles. The number of rotatable bonds is 5. The van der Waals surface area contributed by atoms with E-state index in [1.807, 2.05) is 20.8 Å². The molecule has 6 nitrogen and oxygen atoms in total. The average Bonchev–Trinajstić information content (AvgIpc) is 3.21. The van der Waals surface area contributed by atoms with Gasteiger partial charge in [-0.1, -0.05) is 49.3 Å². The van der Waals surface area contributed by atoms with Crippen LogP contribution in [0, 0.1) is 0 Å². The van der Waals surface area contributed by atoms with Crippen molar-refractivity contribution in [1.29, 1.82) is 0 Å². The summed E-state index contributed by atoms with van der Waals surface area (Å²) in [6, 6.07) is 8.49. The lowest BCUT2D eigenvalue weighted by molar-refractivity contribution is 0.0636. The number of benzene rings is 1. The normalized spacial score (nSPS) is 17.8. The summed E-state index contributed by atoms with van der Waals surface area (Å²) in [7, 11) is 0. The summed E-state index contributed by atoms with van der Waals surface area (Å²) in [6.45, 7) is 11.0. The first kappa shape index (κ1) is 21.3. The Morgan fingerprint density at radius 3 is 2.58 bits per heavy atom. The van der Waals surface area contributed by atoms with Crippen molar-refractivity contribution in [3.05, 3.63) is 63.8 Å². The molecule has 2 heterocycles. The minimum Gasteiger partial charge on any atom is -0.501 e. The second-order valence-electron chi connectivity index (χ2n) is 9.30. The van der Waals surface area contributed by atoms with E-state index in [1.165, 1.54) is 5.56 Å². The second-order valence-corrected chi connectivity index (χ2v) is 9.30. The molecule has 0 atom stereocenters. The average molecular weight is 422 g/mol. The topological polar surface area (TPSA) is 75.4 Å². The Labute approximate surface area is 183 Å². The SMILES string of the molecule is C=C(C)c1cccc(C2(Cc3nc(=O)c(O)c4n3CCN(C(C)C)C4=O)CCCC2)c1. The molecule has 1 aliphatic heterocycles. The third-order valence-electron chi connectivity index (χ3n) is 6.92. The number of aromatic hydroxyl groups is 1. The third kappa shape index (κ3) is 3.68. The van der Waals surface area contributed by atoms with Crippen LogP contribution in [0.2, 0.25) is 0 Å². The van der Waals surface area contributed by atoms with Gasteiger partial charge in [-0.25, -0.2) is 0 Å². The Balaban J connectivity index is 1.81. The molecule has 4 rings (SSSR count). The molecule has 1 aromatic heterocycles. The number of hydrogen-bond donors (Lipinski definition) is 1. The first-order chi connectivity index (χ1) is 14.7. The van der Waals surface area contributed by atoms with Crippen molar-refractivity contribution in [2.45, 2.75) is 70.9 Å². The van der Waals surface area contributed by atoms with Gasteiger partial charge in [-0.05, 0) is 44.7 Å². The van der Waals surface area contributed by atoms with Crippen molar-refractivity contribution in [2.75, 3.05) is 6.54 Å². The molecule has 0 spiro atoms. The number of carbonyl (C=O) groups excluding carboxylic acids is 1. The molecular weight excluding hydrogens is 390 g/mol. The molecule has 1 fully saturated rings. The number of fused-ring (bicyclic) bond motifs is 1. The van der Waals surface area contributed by atoms with E-state index in [1.54, 1.807) is 9.47 Å². The van der Waals surface area contributed by atoms with Crippen LogP contribution >= 0.6 is 0 Å². The molecule has 0 unspecified atom stereocenters. The summed E-state index contributed by atoms with van der Waals surface area (Å²) < 4.78 is 1.78. The zero-order valence-electron chi connectivity index (χ0n) is 18.6. The molecule has 1 aliphatic carbocycles. The molecule has 0 bridgehead atoms. The monoisotopic (exact) mass is 421 g/mol. The van der Waals surface area contributed by atoms with Crippen molar-refractivity contribution in [3.8, 4) is 5.75 Å². The first-order valence-corrected chi connectivity index (χ1v) is 11.1. The summed E-state index contributed by atoms with van der Waals surface area (Å²) in [5, 5.41) is 10.4. The number of amides is 1. The van der Waals surface area contributed by atoms with Gasteiger partial charge in [0.1, 0.15) is 5.82 Å². The lowest BCUT2D eigenvalue weighted by Crippen LogP contribution is -2.46. The van der Waals surface area contributed by atoms with Gasteiger partial charge in [-0.2, -0.15) is 4.98 Å². The molecule has 0 radical (unpaired) electrons. The number of carbonyl (C=O) groups is 1.